The van der Waals surface area contributed by atoms with Crippen LogP contribution in [0.2, 0.25) is 0 Å². The molecule has 2 rings (SSSR count). The Bertz CT molecular complexity index is 494. The van der Waals surface area contributed by atoms with E-state index in [1.165, 1.54) is 0 Å². The SMILES string of the molecule is COc1cccc2c(OC(C)C)nccc12. The van der Waals surface area contributed by atoms with Crippen molar-refractivity contribution in [1.29, 1.82) is 0 Å². The summed E-state index contributed by atoms with van der Waals surface area (Å²) < 4.78 is 11.0. The van der Waals surface area contributed by atoms with E-state index in [0.717, 1.165) is 16.5 Å². The zero-order valence-electron chi connectivity index (χ0n) is 9.73. The molecule has 0 fully saturated rings. The fraction of sp³-hybridized carbons (Fsp3) is 0.308. The van der Waals surface area contributed by atoms with Crippen LogP contribution < -0.4 is 9.47 Å². The van der Waals surface area contributed by atoms with E-state index in [4.69, 9.17) is 9.47 Å². The van der Waals surface area contributed by atoms with E-state index in [-0.39, 0.29) is 6.10 Å². The summed E-state index contributed by atoms with van der Waals surface area (Å²) in [4.78, 5) is 4.24. The van der Waals surface area contributed by atoms with E-state index in [2.05, 4.69) is 4.98 Å². The first-order valence-corrected chi connectivity index (χ1v) is 5.30. The number of rotatable bonds is 3. The summed E-state index contributed by atoms with van der Waals surface area (Å²) in [6.07, 6.45) is 1.85. The molecule has 0 saturated carbocycles. The third-order valence-electron chi connectivity index (χ3n) is 2.30. The third-order valence-corrected chi connectivity index (χ3v) is 2.30. The molecule has 0 unspecified atom stereocenters. The highest BCUT2D eigenvalue weighted by Gasteiger charge is 2.08. The number of aromatic nitrogens is 1. The molecule has 1 aromatic carbocycles. The van der Waals surface area contributed by atoms with E-state index in [1.54, 1.807) is 13.3 Å². The number of methoxy groups -OCH3 is 1. The molecular weight excluding hydrogens is 202 g/mol. The number of benzene rings is 1. The van der Waals surface area contributed by atoms with Gasteiger partial charge in [0.2, 0.25) is 5.88 Å². The van der Waals surface area contributed by atoms with Crippen LogP contribution in [0.3, 0.4) is 0 Å². The minimum atomic E-state index is 0.115. The number of hydrogen-bond acceptors (Lipinski definition) is 3. The van der Waals surface area contributed by atoms with Crippen molar-refractivity contribution in [3.63, 3.8) is 0 Å². The van der Waals surface area contributed by atoms with Crippen LogP contribution in [0.5, 0.6) is 11.6 Å². The van der Waals surface area contributed by atoms with Gasteiger partial charge in [0.05, 0.1) is 13.2 Å². The summed E-state index contributed by atoms with van der Waals surface area (Å²) in [5.74, 6) is 1.50. The van der Waals surface area contributed by atoms with Crippen LogP contribution >= 0.6 is 0 Å². The Hall–Kier alpha value is -1.77. The molecule has 0 N–H and O–H groups in total. The quantitative estimate of drug-likeness (QED) is 0.791. The average molecular weight is 217 g/mol. The molecule has 0 saturated heterocycles. The first-order chi connectivity index (χ1) is 7.72. The largest absolute Gasteiger partial charge is 0.496 e. The van der Waals surface area contributed by atoms with E-state index < -0.39 is 0 Å². The first kappa shape index (κ1) is 10.7. The summed E-state index contributed by atoms with van der Waals surface area (Å²) in [6.45, 7) is 3.97. The van der Waals surface area contributed by atoms with Crippen molar-refractivity contribution in [2.75, 3.05) is 7.11 Å². The smallest absolute Gasteiger partial charge is 0.221 e. The molecule has 0 aliphatic heterocycles. The van der Waals surface area contributed by atoms with Crippen LogP contribution in [-0.2, 0) is 0 Å². The van der Waals surface area contributed by atoms with Gasteiger partial charge in [-0.05, 0) is 32.0 Å². The molecular formula is C13H15NO2. The second-order valence-corrected chi connectivity index (χ2v) is 3.84. The molecule has 3 nitrogen and oxygen atoms in total. The molecule has 16 heavy (non-hydrogen) atoms. The van der Waals surface area contributed by atoms with Crippen molar-refractivity contribution in [3.8, 4) is 11.6 Å². The maximum atomic E-state index is 5.66. The molecule has 1 heterocycles. The molecule has 0 aliphatic carbocycles. The Kier molecular flexibility index (Phi) is 2.95. The van der Waals surface area contributed by atoms with Gasteiger partial charge in [-0.2, -0.15) is 0 Å². The lowest BCUT2D eigenvalue weighted by Crippen LogP contribution is -2.07. The number of pyridine rings is 1. The number of fused-ring (bicyclic) bond motifs is 1. The normalized spacial score (nSPS) is 10.8. The van der Waals surface area contributed by atoms with Gasteiger partial charge in [-0.25, -0.2) is 4.98 Å². The lowest BCUT2D eigenvalue weighted by molar-refractivity contribution is 0.236. The van der Waals surface area contributed by atoms with E-state index in [9.17, 15) is 0 Å². The lowest BCUT2D eigenvalue weighted by atomic mass is 10.1. The zero-order chi connectivity index (χ0) is 11.5. The van der Waals surface area contributed by atoms with Gasteiger partial charge in [0, 0.05) is 17.0 Å². The minimum Gasteiger partial charge on any atom is -0.496 e. The molecule has 3 heteroatoms. The molecule has 0 radical (unpaired) electrons. The number of ether oxygens (including phenoxy) is 2. The Balaban J connectivity index is 2.59. The minimum absolute atomic E-state index is 0.115. The monoisotopic (exact) mass is 217 g/mol. The first-order valence-electron chi connectivity index (χ1n) is 5.30. The summed E-state index contributed by atoms with van der Waals surface area (Å²) >= 11 is 0. The van der Waals surface area contributed by atoms with E-state index in [0.29, 0.717) is 5.88 Å². The van der Waals surface area contributed by atoms with Gasteiger partial charge in [-0.3, -0.25) is 0 Å². The van der Waals surface area contributed by atoms with E-state index >= 15 is 0 Å². The van der Waals surface area contributed by atoms with Gasteiger partial charge >= 0.3 is 0 Å². The van der Waals surface area contributed by atoms with Crippen LogP contribution in [0.15, 0.2) is 30.5 Å². The predicted octanol–water partition coefficient (Wildman–Crippen LogP) is 3.03. The number of hydrogen-bond donors (Lipinski definition) is 0. The Morgan fingerprint density at radius 3 is 2.62 bits per heavy atom. The highest BCUT2D eigenvalue weighted by Crippen LogP contribution is 2.30. The fourth-order valence-electron chi connectivity index (χ4n) is 1.65. The van der Waals surface area contributed by atoms with Gasteiger partial charge < -0.3 is 9.47 Å². The van der Waals surface area contributed by atoms with Crippen LogP contribution in [0.25, 0.3) is 10.8 Å². The lowest BCUT2D eigenvalue weighted by Gasteiger charge is -2.12. The molecule has 0 atom stereocenters. The van der Waals surface area contributed by atoms with Crippen molar-refractivity contribution in [2.45, 2.75) is 20.0 Å². The van der Waals surface area contributed by atoms with Crippen molar-refractivity contribution < 1.29 is 9.47 Å². The van der Waals surface area contributed by atoms with Gasteiger partial charge in [-0.15, -0.1) is 0 Å². The summed E-state index contributed by atoms with van der Waals surface area (Å²) in [7, 11) is 1.66. The maximum absolute atomic E-state index is 5.66. The molecule has 1 aromatic heterocycles. The predicted molar refractivity (Wildman–Crippen MR) is 64.1 cm³/mol. The Labute approximate surface area is 95.0 Å². The standard InChI is InChI=1S/C13H15NO2/c1-9(2)16-13-11-5-4-6-12(15-3)10(11)7-8-14-13/h4-9H,1-3H3. The van der Waals surface area contributed by atoms with E-state index in [1.807, 2.05) is 38.1 Å². The average Bonchev–Trinajstić information content (AvgIpc) is 2.28. The van der Waals surface area contributed by atoms with Crippen molar-refractivity contribution in [1.82, 2.24) is 4.98 Å². The third kappa shape index (κ3) is 1.94. The molecule has 84 valence electrons. The summed E-state index contributed by atoms with van der Waals surface area (Å²) in [6, 6.07) is 7.79. The van der Waals surface area contributed by atoms with Crippen LogP contribution in [0.1, 0.15) is 13.8 Å². The molecule has 2 aromatic rings. The Morgan fingerprint density at radius 2 is 1.94 bits per heavy atom. The van der Waals surface area contributed by atoms with Crippen molar-refractivity contribution in [2.24, 2.45) is 0 Å². The highest BCUT2D eigenvalue weighted by molar-refractivity contribution is 5.91. The second-order valence-electron chi connectivity index (χ2n) is 3.84. The molecule has 0 spiro atoms. The fourth-order valence-corrected chi connectivity index (χ4v) is 1.65. The van der Waals surface area contributed by atoms with Crippen LogP contribution in [0.4, 0.5) is 0 Å². The molecule has 0 aliphatic rings. The topological polar surface area (TPSA) is 31.4 Å². The summed E-state index contributed by atoms with van der Waals surface area (Å²) in [5.41, 5.74) is 0. The van der Waals surface area contributed by atoms with Crippen molar-refractivity contribution in [3.05, 3.63) is 30.5 Å². The molecule has 0 amide bonds. The Morgan fingerprint density at radius 1 is 1.12 bits per heavy atom. The summed E-state index contributed by atoms with van der Waals surface area (Å²) in [5, 5.41) is 2.01. The van der Waals surface area contributed by atoms with Gasteiger partial charge in [0.15, 0.2) is 0 Å². The van der Waals surface area contributed by atoms with Gasteiger partial charge in [0.1, 0.15) is 5.75 Å². The van der Waals surface area contributed by atoms with Crippen LogP contribution in [-0.4, -0.2) is 18.2 Å². The molecule has 0 bridgehead atoms. The van der Waals surface area contributed by atoms with Crippen molar-refractivity contribution >= 4 is 10.8 Å². The highest BCUT2D eigenvalue weighted by atomic mass is 16.5. The van der Waals surface area contributed by atoms with Gasteiger partial charge in [0.25, 0.3) is 0 Å². The second kappa shape index (κ2) is 4.39. The zero-order valence-corrected chi connectivity index (χ0v) is 9.73. The van der Waals surface area contributed by atoms with Gasteiger partial charge in [-0.1, -0.05) is 6.07 Å². The number of nitrogens with zero attached hydrogens (tertiary/aromatic N) is 1. The van der Waals surface area contributed by atoms with Crippen LogP contribution in [0, 0.1) is 0 Å². The maximum Gasteiger partial charge on any atom is 0.221 e.